The molecule has 0 heterocycles. The van der Waals surface area contributed by atoms with Gasteiger partial charge < -0.3 is 0 Å². The van der Waals surface area contributed by atoms with Gasteiger partial charge in [0.1, 0.15) is 0 Å². The molecular formula is C18H9BCl6. The molecule has 0 aliphatic rings. The van der Waals surface area contributed by atoms with Gasteiger partial charge in [0, 0.05) is 30.1 Å². The lowest BCUT2D eigenvalue weighted by Crippen LogP contribution is -2.54. The summed E-state index contributed by atoms with van der Waals surface area (Å²) in [6.07, 6.45) is 0. The molecular weight excluding hydrogens is 440 g/mol. The second-order valence-corrected chi connectivity index (χ2v) is 7.78. The Kier molecular flexibility index (Phi) is 6.16. The highest BCUT2D eigenvalue weighted by Gasteiger charge is 2.33. The van der Waals surface area contributed by atoms with Crippen LogP contribution < -0.4 is 16.4 Å². The molecule has 0 aromatic heterocycles. The van der Waals surface area contributed by atoms with Crippen LogP contribution in [0.1, 0.15) is 0 Å². The summed E-state index contributed by atoms with van der Waals surface area (Å²) in [5.74, 6) is 0. The van der Waals surface area contributed by atoms with Crippen LogP contribution in [0, 0.1) is 0 Å². The van der Waals surface area contributed by atoms with Crippen LogP contribution >= 0.6 is 69.6 Å². The number of hydrogen-bond acceptors (Lipinski definition) is 0. The van der Waals surface area contributed by atoms with Gasteiger partial charge in [-0.25, -0.2) is 0 Å². The molecule has 0 unspecified atom stereocenters. The van der Waals surface area contributed by atoms with Gasteiger partial charge in [-0.05, 0) is 52.8 Å². The molecule has 0 atom stereocenters. The second-order valence-electron chi connectivity index (χ2n) is 5.34. The van der Waals surface area contributed by atoms with Gasteiger partial charge in [0.05, 0.1) is 0 Å². The molecule has 0 saturated carbocycles. The van der Waals surface area contributed by atoms with Crippen LogP contribution in [-0.2, 0) is 0 Å². The summed E-state index contributed by atoms with van der Waals surface area (Å²) >= 11 is 38.9. The first kappa shape index (κ1) is 19.2. The van der Waals surface area contributed by atoms with Crippen molar-refractivity contribution >= 4 is 92.7 Å². The summed E-state index contributed by atoms with van der Waals surface area (Å²) in [4.78, 5) is 0. The van der Waals surface area contributed by atoms with Crippen molar-refractivity contribution in [1.82, 2.24) is 0 Å². The van der Waals surface area contributed by atoms with Crippen molar-refractivity contribution in [2.75, 3.05) is 0 Å². The SMILES string of the molecule is Clc1cccc(Cl)c1B(c1c(Cl)cccc1Cl)c1c(Cl)cccc1Cl. The van der Waals surface area contributed by atoms with E-state index >= 15 is 0 Å². The first-order valence-corrected chi connectivity index (χ1v) is 9.50. The molecule has 0 amide bonds. The minimum absolute atomic E-state index is 0.476. The van der Waals surface area contributed by atoms with Gasteiger partial charge >= 0.3 is 0 Å². The Balaban J connectivity index is 2.42. The van der Waals surface area contributed by atoms with E-state index in [1.807, 2.05) is 0 Å². The Labute approximate surface area is 176 Å². The number of hydrogen-bond donors (Lipinski definition) is 0. The van der Waals surface area contributed by atoms with E-state index in [-0.39, 0.29) is 0 Å². The third-order valence-corrected chi connectivity index (χ3v) is 5.84. The average Bonchev–Trinajstić information content (AvgIpc) is 2.53. The first-order chi connectivity index (χ1) is 11.9. The quantitative estimate of drug-likeness (QED) is 0.423. The fraction of sp³-hybridized carbons (Fsp3) is 0. The number of rotatable bonds is 3. The zero-order valence-electron chi connectivity index (χ0n) is 12.5. The van der Waals surface area contributed by atoms with Gasteiger partial charge in [0.25, 0.3) is 6.71 Å². The summed E-state index contributed by atoms with van der Waals surface area (Å²) in [5.41, 5.74) is 1.95. The van der Waals surface area contributed by atoms with Gasteiger partial charge in [-0.15, -0.1) is 0 Å². The van der Waals surface area contributed by atoms with Crippen LogP contribution in [0.3, 0.4) is 0 Å². The highest BCUT2D eigenvalue weighted by atomic mass is 35.5. The van der Waals surface area contributed by atoms with E-state index in [0.717, 1.165) is 0 Å². The normalized spacial score (nSPS) is 10.8. The fourth-order valence-corrected chi connectivity index (χ4v) is 4.64. The molecule has 0 fully saturated rings. The summed E-state index contributed by atoms with van der Waals surface area (Å²) in [6, 6.07) is 15.8. The van der Waals surface area contributed by atoms with E-state index in [0.29, 0.717) is 46.5 Å². The summed E-state index contributed by atoms with van der Waals surface area (Å²) in [5, 5.41) is 2.86. The Morgan fingerprint density at radius 2 is 0.600 bits per heavy atom. The van der Waals surface area contributed by atoms with Gasteiger partial charge in [-0.3, -0.25) is 0 Å². The minimum Gasteiger partial charge on any atom is -0.0848 e. The van der Waals surface area contributed by atoms with Gasteiger partial charge in [0.15, 0.2) is 0 Å². The van der Waals surface area contributed by atoms with Crippen LogP contribution in [0.2, 0.25) is 30.1 Å². The Morgan fingerprint density at radius 3 is 0.800 bits per heavy atom. The zero-order chi connectivity index (χ0) is 18.1. The number of benzene rings is 3. The molecule has 126 valence electrons. The predicted octanol–water partition coefficient (Wildman–Crippen LogP) is 6.12. The molecule has 0 saturated heterocycles. The van der Waals surface area contributed by atoms with Gasteiger partial charge in [-0.1, -0.05) is 87.8 Å². The smallest absolute Gasteiger partial charge is 0.0848 e. The van der Waals surface area contributed by atoms with Crippen LogP contribution in [-0.4, -0.2) is 6.71 Å². The van der Waals surface area contributed by atoms with Crippen molar-refractivity contribution in [2.24, 2.45) is 0 Å². The van der Waals surface area contributed by atoms with Crippen LogP contribution in [0.25, 0.3) is 0 Å². The van der Waals surface area contributed by atoms with E-state index in [4.69, 9.17) is 69.6 Å². The first-order valence-electron chi connectivity index (χ1n) is 7.23. The molecule has 3 aromatic rings. The molecule has 25 heavy (non-hydrogen) atoms. The lowest BCUT2D eigenvalue weighted by molar-refractivity contribution is 1.70. The van der Waals surface area contributed by atoms with Crippen molar-refractivity contribution in [3.63, 3.8) is 0 Å². The molecule has 3 rings (SSSR count). The molecule has 0 spiro atoms. The fourth-order valence-electron chi connectivity index (χ4n) is 2.79. The minimum atomic E-state index is -0.511. The van der Waals surface area contributed by atoms with Crippen molar-refractivity contribution in [1.29, 1.82) is 0 Å². The molecule has 0 radical (unpaired) electrons. The van der Waals surface area contributed by atoms with Crippen LogP contribution in [0.5, 0.6) is 0 Å². The van der Waals surface area contributed by atoms with Gasteiger partial charge in [-0.2, -0.15) is 0 Å². The third kappa shape index (κ3) is 3.78. The molecule has 0 bridgehead atoms. The van der Waals surface area contributed by atoms with Gasteiger partial charge in [0.2, 0.25) is 0 Å². The van der Waals surface area contributed by atoms with E-state index in [1.54, 1.807) is 54.6 Å². The second kappa shape index (κ2) is 8.00. The van der Waals surface area contributed by atoms with Crippen molar-refractivity contribution in [3.05, 3.63) is 84.7 Å². The Morgan fingerprint density at radius 1 is 0.400 bits per heavy atom. The van der Waals surface area contributed by atoms with E-state index in [2.05, 4.69) is 0 Å². The lowest BCUT2D eigenvalue weighted by atomic mass is 9.36. The maximum Gasteiger partial charge on any atom is 0.252 e. The Hall–Kier alpha value is -0.535. The molecule has 0 aliphatic heterocycles. The standard InChI is InChI=1S/C18H9BCl6/c20-10-4-1-5-11(21)16(10)19(17-12(22)6-2-7-13(17)23)18-14(24)8-3-9-15(18)25/h1-9H. The zero-order valence-corrected chi connectivity index (χ0v) is 17.1. The van der Waals surface area contributed by atoms with E-state index < -0.39 is 6.71 Å². The van der Waals surface area contributed by atoms with E-state index in [1.165, 1.54) is 0 Å². The summed E-state index contributed by atoms with van der Waals surface area (Å²) in [6.45, 7) is -0.511. The van der Waals surface area contributed by atoms with Crippen LogP contribution in [0.4, 0.5) is 0 Å². The number of halogens is 6. The highest BCUT2D eigenvalue weighted by Crippen LogP contribution is 2.23. The highest BCUT2D eigenvalue weighted by molar-refractivity contribution is 7.01. The third-order valence-electron chi connectivity index (χ3n) is 3.87. The maximum absolute atomic E-state index is 6.48. The molecule has 3 aromatic carbocycles. The Bertz CT molecular complexity index is 758. The molecule has 0 N–H and O–H groups in total. The lowest BCUT2D eigenvalue weighted by Gasteiger charge is -2.22. The topological polar surface area (TPSA) is 0 Å². The largest absolute Gasteiger partial charge is 0.252 e. The summed E-state index contributed by atoms with van der Waals surface area (Å²) < 4.78 is 0. The van der Waals surface area contributed by atoms with Crippen LogP contribution in [0.15, 0.2) is 54.6 Å². The van der Waals surface area contributed by atoms with Crippen molar-refractivity contribution in [3.8, 4) is 0 Å². The van der Waals surface area contributed by atoms with E-state index in [9.17, 15) is 0 Å². The van der Waals surface area contributed by atoms with Crippen molar-refractivity contribution in [2.45, 2.75) is 0 Å². The molecule has 7 heteroatoms. The predicted molar refractivity (Wildman–Crippen MR) is 114 cm³/mol. The average molecular weight is 449 g/mol. The monoisotopic (exact) mass is 446 g/mol. The molecule has 0 aliphatic carbocycles. The maximum atomic E-state index is 6.48. The summed E-state index contributed by atoms with van der Waals surface area (Å²) in [7, 11) is 0. The van der Waals surface area contributed by atoms with Crippen molar-refractivity contribution < 1.29 is 0 Å². The molecule has 0 nitrogen and oxygen atoms in total.